The largest absolute Gasteiger partial charge is 0.496 e. The van der Waals surface area contributed by atoms with Gasteiger partial charge in [-0.25, -0.2) is 9.59 Å². The molecule has 0 aliphatic carbocycles. The van der Waals surface area contributed by atoms with Crippen molar-refractivity contribution in [3.05, 3.63) is 132 Å². The van der Waals surface area contributed by atoms with Gasteiger partial charge in [0.25, 0.3) is 0 Å². The first-order valence-electron chi connectivity index (χ1n) is 21.7. The van der Waals surface area contributed by atoms with Crippen LogP contribution in [0.3, 0.4) is 0 Å². The molecule has 4 aromatic carbocycles. The van der Waals surface area contributed by atoms with Crippen molar-refractivity contribution in [3.8, 4) is 33.8 Å². The van der Waals surface area contributed by atoms with Crippen molar-refractivity contribution < 1.29 is 71.5 Å². The van der Waals surface area contributed by atoms with Gasteiger partial charge in [0.15, 0.2) is 5.78 Å². The zero-order valence-electron chi connectivity index (χ0n) is 39.3. The summed E-state index contributed by atoms with van der Waals surface area (Å²) in [7, 11) is 3.01. The standard InChI is InChI=1S/C53H58O15/c1-9-45(54)65-31-52(3,4)33-67-49(58)25-23-47(56)63-29-41-27-39(19-21-43(41)61-7)35-11-15-37(16-12-35)51(60)38-17-13-36(14-18-38)40-20-22-44(62-8)42(28-40)30-64-48(57)24-26-50(59)68-34-53(5,6)32-66-46(55)10-2/h9-22,27-28H,1-2,23-26,29-34H2,3-8H3. The van der Waals surface area contributed by atoms with Gasteiger partial charge >= 0.3 is 35.8 Å². The predicted molar refractivity (Wildman–Crippen MR) is 250 cm³/mol. The molecule has 0 atom stereocenters. The molecule has 0 spiro atoms. The van der Waals surface area contributed by atoms with Gasteiger partial charge in [0.05, 0.1) is 66.3 Å². The minimum atomic E-state index is -0.630. The highest BCUT2D eigenvalue weighted by Gasteiger charge is 2.24. The molecule has 0 aliphatic rings. The third-order valence-electron chi connectivity index (χ3n) is 10.2. The van der Waals surface area contributed by atoms with Gasteiger partial charge in [-0.3, -0.25) is 24.0 Å². The molecular weight excluding hydrogens is 877 g/mol. The lowest BCUT2D eigenvalue weighted by Gasteiger charge is -2.23. The van der Waals surface area contributed by atoms with Crippen molar-refractivity contribution in [2.24, 2.45) is 10.8 Å². The van der Waals surface area contributed by atoms with Crippen molar-refractivity contribution >= 4 is 41.6 Å². The van der Waals surface area contributed by atoms with Crippen LogP contribution in [0.2, 0.25) is 0 Å². The Morgan fingerprint density at radius 2 is 0.750 bits per heavy atom. The summed E-state index contributed by atoms with van der Waals surface area (Å²) >= 11 is 0. The average Bonchev–Trinajstić information content (AvgIpc) is 3.35. The van der Waals surface area contributed by atoms with Gasteiger partial charge in [-0.05, 0) is 46.5 Å². The summed E-state index contributed by atoms with van der Waals surface area (Å²) in [6, 6.07) is 25.1. The normalized spacial score (nSPS) is 11.0. The van der Waals surface area contributed by atoms with Crippen LogP contribution in [0.5, 0.6) is 11.5 Å². The molecule has 0 unspecified atom stereocenters. The molecule has 0 aliphatic heterocycles. The van der Waals surface area contributed by atoms with Crippen LogP contribution in [0.4, 0.5) is 0 Å². The number of hydrogen-bond acceptors (Lipinski definition) is 15. The maximum absolute atomic E-state index is 13.6. The Morgan fingerprint density at radius 1 is 0.441 bits per heavy atom. The van der Waals surface area contributed by atoms with Gasteiger partial charge in [0.2, 0.25) is 0 Å². The summed E-state index contributed by atoms with van der Waals surface area (Å²) in [5.74, 6) is -2.71. The number of benzene rings is 4. The Morgan fingerprint density at radius 3 is 1.07 bits per heavy atom. The first kappa shape index (κ1) is 53.1. The predicted octanol–water partition coefficient (Wildman–Crippen LogP) is 8.51. The van der Waals surface area contributed by atoms with Crippen molar-refractivity contribution in [1.29, 1.82) is 0 Å². The van der Waals surface area contributed by atoms with E-state index in [0.717, 1.165) is 34.4 Å². The molecule has 0 fully saturated rings. The molecule has 15 nitrogen and oxygen atoms in total. The lowest BCUT2D eigenvalue weighted by Crippen LogP contribution is -2.28. The minimum absolute atomic E-state index is 0.0104. The molecule has 0 amide bonds. The summed E-state index contributed by atoms with van der Waals surface area (Å²) in [5, 5.41) is 0. The van der Waals surface area contributed by atoms with Crippen LogP contribution in [0.25, 0.3) is 22.3 Å². The fourth-order valence-electron chi connectivity index (χ4n) is 6.24. The fourth-order valence-corrected chi connectivity index (χ4v) is 6.24. The molecule has 68 heavy (non-hydrogen) atoms. The first-order valence-corrected chi connectivity index (χ1v) is 21.7. The summed E-state index contributed by atoms with van der Waals surface area (Å²) in [4.78, 5) is 86.0. The van der Waals surface area contributed by atoms with Gasteiger partial charge in [-0.1, -0.05) is 102 Å². The number of esters is 6. The lowest BCUT2D eigenvalue weighted by molar-refractivity contribution is -0.154. The highest BCUT2D eigenvalue weighted by molar-refractivity contribution is 6.09. The number of carbonyl (C=O) groups excluding carboxylic acids is 7. The van der Waals surface area contributed by atoms with E-state index in [9.17, 15) is 33.6 Å². The van der Waals surface area contributed by atoms with Crippen LogP contribution in [0.1, 0.15) is 80.4 Å². The molecule has 0 bridgehead atoms. The lowest BCUT2D eigenvalue weighted by atomic mass is 9.96. The van der Waals surface area contributed by atoms with E-state index in [-0.39, 0.29) is 71.1 Å². The number of ether oxygens (including phenoxy) is 8. The van der Waals surface area contributed by atoms with E-state index in [2.05, 4.69) is 13.2 Å². The van der Waals surface area contributed by atoms with Crippen LogP contribution in [0, 0.1) is 10.8 Å². The quantitative estimate of drug-likeness (QED) is 0.0252. The van der Waals surface area contributed by atoms with Crippen LogP contribution in [-0.2, 0) is 70.4 Å². The fraction of sp³-hybridized carbons (Fsp3) is 0.340. The number of rotatable bonds is 26. The molecule has 0 N–H and O–H groups in total. The first-order chi connectivity index (χ1) is 32.3. The smallest absolute Gasteiger partial charge is 0.330 e. The summed E-state index contributed by atoms with van der Waals surface area (Å²) in [6.45, 7) is 13.6. The molecule has 0 aromatic heterocycles. The van der Waals surface area contributed by atoms with Gasteiger partial charge < -0.3 is 37.9 Å². The summed E-state index contributed by atoms with van der Waals surface area (Å²) in [5.41, 5.74) is 4.08. The Kier molecular flexibility index (Phi) is 19.8. The monoisotopic (exact) mass is 934 g/mol. The van der Waals surface area contributed by atoms with Gasteiger partial charge in [-0.2, -0.15) is 0 Å². The maximum atomic E-state index is 13.6. The Labute approximate surface area is 396 Å². The van der Waals surface area contributed by atoms with Crippen LogP contribution >= 0.6 is 0 Å². The van der Waals surface area contributed by atoms with E-state index in [4.69, 9.17) is 37.9 Å². The number of carbonyl (C=O) groups is 7. The Bertz CT molecular complexity index is 2280. The molecule has 15 heteroatoms. The van der Waals surface area contributed by atoms with Gasteiger partial charge in [0.1, 0.15) is 24.7 Å². The number of ketones is 1. The molecule has 0 saturated carbocycles. The van der Waals surface area contributed by atoms with E-state index in [1.165, 1.54) is 14.2 Å². The van der Waals surface area contributed by atoms with Crippen LogP contribution in [-0.4, -0.2) is 82.2 Å². The second kappa shape index (κ2) is 25.4. The Hall–Kier alpha value is -7.55. The maximum Gasteiger partial charge on any atom is 0.330 e. The molecular formula is C53H58O15. The van der Waals surface area contributed by atoms with Crippen LogP contribution < -0.4 is 9.47 Å². The summed E-state index contributed by atoms with van der Waals surface area (Å²) in [6.07, 6.45) is 1.33. The molecule has 4 rings (SSSR count). The number of methoxy groups -OCH3 is 2. The average molecular weight is 935 g/mol. The highest BCUT2D eigenvalue weighted by Crippen LogP contribution is 2.30. The molecule has 4 aromatic rings. The van der Waals surface area contributed by atoms with Crippen LogP contribution in [0.15, 0.2) is 110 Å². The van der Waals surface area contributed by atoms with E-state index in [1.54, 1.807) is 64.1 Å². The van der Waals surface area contributed by atoms with Gasteiger partial charge in [-0.15, -0.1) is 0 Å². The summed E-state index contributed by atoms with van der Waals surface area (Å²) < 4.78 is 42.5. The molecule has 0 heterocycles. The Balaban J connectivity index is 1.29. The molecule has 0 saturated heterocycles. The topological polar surface area (TPSA) is 193 Å². The van der Waals surface area contributed by atoms with Crippen molar-refractivity contribution in [2.75, 3.05) is 40.6 Å². The van der Waals surface area contributed by atoms with E-state index >= 15 is 0 Å². The SMILES string of the molecule is C=CC(=O)OCC(C)(C)COC(=O)CCC(=O)OCc1cc(-c2ccc(C(=O)c3ccc(-c4ccc(OC)c(COC(=O)CCC(=O)OCC(C)(C)COC(=O)C=C)c4)cc3)cc2)ccc1OC. The second-order valence-electron chi connectivity index (χ2n) is 17.1. The van der Waals surface area contributed by atoms with E-state index < -0.39 is 46.6 Å². The van der Waals surface area contributed by atoms with Crippen molar-refractivity contribution in [3.63, 3.8) is 0 Å². The number of hydrogen-bond donors (Lipinski definition) is 0. The molecule has 360 valence electrons. The third-order valence-corrected chi connectivity index (χ3v) is 10.2. The van der Waals surface area contributed by atoms with Crippen molar-refractivity contribution in [1.82, 2.24) is 0 Å². The zero-order valence-corrected chi connectivity index (χ0v) is 39.3. The third kappa shape index (κ3) is 17.0. The minimum Gasteiger partial charge on any atom is -0.496 e. The second-order valence-corrected chi connectivity index (χ2v) is 17.1. The van der Waals surface area contributed by atoms with E-state index in [1.807, 2.05) is 48.5 Å². The highest BCUT2D eigenvalue weighted by atomic mass is 16.6. The van der Waals surface area contributed by atoms with Gasteiger partial charge in [0, 0.05) is 45.2 Å². The zero-order chi connectivity index (χ0) is 49.9. The van der Waals surface area contributed by atoms with Crippen molar-refractivity contribution in [2.45, 2.75) is 66.6 Å². The van der Waals surface area contributed by atoms with E-state index in [0.29, 0.717) is 33.8 Å². The molecule has 0 radical (unpaired) electrons.